The molecule has 2 rings (SSSR count). The Labute approximate surface area is 132 Å². The highest BCUT2D eigenvalue weighted by Gasteiger charge is 2.28. The molecule has 1 unspecified atom stereocenters. The Balaban J connectivity index is 2.09. The van der Waals surface area contributed by atoms with Gasteiger partial charge in [-0.2, -0.15) is 0 Å². The molecule has 0 radical (unpaired) electrons. The van der Waals surface area contributed by atoms with Crippen LogP contribution in [0.1, 0.15) is 28.8 Å². The number of carbonyl (C=O) groups is 1. The fourth-order valence-corrected chi connectivity index (χ4v) is 2.22. The SMILES string of the molecule is Cc1ccc(C(C)(O)CNC(=O)c2cccc(Cl)c2Cl)o1. The Hall–Kier alpha value is -1.49. The van der Waals surface area contributed by atoms with Gasteiger partial charge in [-0.3, -0.25) is 4.79 Å². The van der Waals surface area contributed by atoms with Gasteiger partial charge in [-0.1, -0.05) is 29.3 Å². The highest BCUT2D eigenvalue weighted by atomic mass is 35.5. The van der Waals surface area contributed by atoms with E-state index in [4.69, 9.17) is 27.6 Å². The van der Waals surface area contributed by atoms with Crippen molar-refractivity contribution in [1.82, 2.24) is 5.32 Å². The summed E-state index contributed by atoms with van der Waals surface area (Å²) in [4.78, 5) is 12.1. The predicted octanol–water partition coefficient (Wildman–Crippen LogP) is 3.53. The van der Waals surface area contributed by atoms with Gasteiger partial charge in [0, 0.05) is 0 Å². The molecule has 0 bridgehead atoms. The van der Waals surface area contributed by atoms with Gasteiger partial charge >= 0.3 is 0 Å². The van der Waals surface area contributed by atoms with Crippen LogP contribution >= 0.6 is 23.2 Å². The van der Waals surface area contributed by atoms with Gasteiger partial charge in [0.25, 0.3) is 5.91 Å². The number of carbonyl (C=O) groups excluding carboxylic acids is 1. The molecule has 6 heteroatoms. The minimum absolute atomic E-state index is 0.0123. The van der Waals surface area contributed by atoms with Crippen molar-refractivity contribution >= 4 is 29.1 Å². The smallest absolute Gasteiger partial charge is 0.252 e. The average Bonchev–Trinajstić information content (AvgIpc) is 2.87. The quantitative estimate of drug-likeness (QED) is 0.902. The standard InChI is InChI=1S/C15H15Cl2NO3/c1-9-6-7-12(21-9)15(2,20)8-18-14(19)10-4-3-5-11(16)13(10)17/h3-7,20H,8H2,1-2H3,(H,18,19). The molecule has 112 valence electrons. The number of amides is 1. The number of aryl methyl sites for hydroxylation is 1. The number of benzene rings is 1. The molecule has 0 aliphatic heterocycles. The van der Waals surface area contributed by atoms with Crippen molar-refractivity contribution < 1.29 is 14.3 Å². The first-order chi connectivity index (χ1) is 9.81. The normalized spacial score (nSPS) is 13.8. The van der Waals surface area contributed by atoms with Crippen LogP contribution in [0.25, 0.3) is 0 Å². The number of hydrogen-bond acceptors (Lipinski definition) is 3. The second kappa shape index (κ2) is 6.10. The van der Waals surface area contributed by atoms with Crippen LogP contribution in [0, 0.1) is 6.92 Å². The van der Waals surface area contributed by atoms with Gasteiger partial charge in [0.15, 0.2) is 0 Å². The zero-order valence-electron chi connectivity index (χ0n) is 11.6. The molecule has 21 heavy (non-hydrogen) atoms. The topological polar surface area (TPSA) is 62.5 Å². The molecule has 1 atom stereocenters. The molecule has 2 N–H and O–H groups in total. The zero-order valence-corrected chi connectivity index (χ0v) is 13.1. The van der Waals surface area contributed by atoms with E-state index in [-0.39, 0.29) is 17.1 Å². The van der Waals surface area contributed by atoms with Gasteiger partial charge < -0.3 is 14.8 Å². The van der Waals surface area contributed by atoms with Crippen molar-refractivity contribution in [2.24, 2.45) is 0 Å². The summed E-state index contributed by atoms with van der Waals surface area (Å²) in [5, 5.41) is 13.5. The van der Waals surface area contributed by atoms with Crippen molar-refractivity contribution in [3.8, 4) is 0 Å². The summed E-state index contributed by atoms with van der Waals surface area (Å²) in [6, 6.07) is 8.22. The van der Waals surface area contributed by atoms with Crippen LogP contribution in [-0.2, 0) is 5.60 Å². The second-order valence-electron chi connectivity index (χ2n) is 4.97. The van der Waals surface area contributed by atoms with Gasteiger partial charge in [-0.25, -0.2) is 0 Å². The zero-order chi connectivity index (χ0) is 15.6. The first kappa shape index (κ1) is 15.9. The maximum Gasteiger partial charge on any atom is 0.252 e. The minimum atomic E-state index is -1.31. The van der Waals surface area contributed by atoms with Gasteiger partial charge in [0.1, 0.15) is 17.1 Å². The van der Waals surface area contributed by atoms with Crippen LogP contribution < -0.4 is 5.32 Å². The lowest BCUT2D eigenvalue weighted by Crippen LogP contribution is -2.38. The summed E-state index contributed by atoms with van der Waals surface area (Å²) in [6.45, 7) is 3.33. The molecule has 0 aliphatic rings. The van der Waals surface area contributed by atoms with Crippen molar-refractivity contribution in [3.05, 3.63) is 57.5 Å². The average molecular weight is 328 g/mol. The molecular formula is C15H15Cl2NO3. The van der Waals surface area contributed by atoms with Crippen LogP contribution in [0.3, 0.4) is 0 Å². The maximum absolute atomic E-state index is 12.1. The van der Waals surface area contributed by atoms with E-state index in [0.29, 0.717) is 16.5 Å². The number of hydrogen-bond donors (Lipinski definition) is 2. The summed E-state index contributed by atoms with van der Waals surface area (Å²) in [5.41, 5.74) is -1.05. The fraction of sp³-hybridized carbons (Fsp3) is 0.267. The van der Waals surface area contributed by atoms with Crippen LogP contribution in [0.2, 0.25) is 10.0 Å². The largest absolute Gasteiger partial charge is 0.463 e. The molecule has 1 heterocycles. The number of rotatable bonds is 4. The summed E-state index contributed by atoms with van der Waals surface area (Å²) in [7, 11) is 0. The Kier molecular flexibility index (Phi) is 4.61. The van der Waals surface area contributed by atoms with Gasteiger partial charge in [-0.05, 0) is 38.1 Å². The predicted molar refractivity (Wildman–Crippen MR) is 81.8 cm³/mol. The Morgan fingerprint density at radius 2 is 2.05 bits per heavy atom. The molecule has 1 amide bonds. The number of halogens is 2. The van der Waals surface area contributed by atoms with Crippen LogP contribution in [-0.4, -0.2) is 17.6 Å². The van der Waals surface area contributed by atoms with Crippen molar-refractivity contribution in [2.45, 2.75) is 19.4 Å². The highest BCUT2D eigenvalue weighted by molar-refractivity contribution is 6.43. The van der Waals surface area contributed by atoms with Gasteiger partial charge in [-0.15, -0.1) is 0 Å². The highest BCUT2D eigenvalue weighted by Crippen LogP contribution is 2.26. The van der Waals surface area contributed by atoms with E-state index in [0.717, 1.165) is 0 Å². The molecule has 0 saturated carbocycles. The van der Waals surface area contributed by atoms with E-state index >= 15 is 0 Å². The molecule has 0 spiro atoms. The van der Waals surface area contributed by atoms with Crippen LogP contribution in [0.5, 0.6) is 0 Å². The van der Waals surface area contributed by atoms with E-state index in [1.165, 1.54) is 0 Å². The molecule has 0 aliphatic carbocycles. The lowest BCUT2D eigenvalue weighted by molar-refractivity contribution is 0.0323. The molecule has 0 fully saturated rings. The third kappa shape index (κ3) is 3.59. The fourth-order valence-electron chi connectivity index (χ4n) is 1.84. The number of nitrogens with one attached hydrogen (secondary N) is 1. The molecular weight excluding hydrogens is 313 g/mol. The molecule has 1 aromatic heterocycles. The second-order valence-corrected chi connectivity index (χ2v) is 5.75. The first-order valence-electron chi connectivity index (χ1n) is 6.33. The van der Waals surface area contributed by atoms with Gasteiger partial charge in [0.05, 0.1) is 22.2 Å². The summed E-state index contributed by atoms with van der Waals surface area (Å²) >= 11 is 11.9. The molecule has 0 saturated heterocycles. The van der Waals surface area contributed by atoms with Crippen molar-refractivity contribution in [1.29, 1.82) is 0 Å². The van der Waals surface area contributed by atoms with E-state index in [2.05, 4.69) is 5.32 Å². The monoisotopic (exact) mass is 327 g/mol. The minimum Gasteiger partial charge on any atom is -0.463 e. The summed E-state index contributed by atoms with van der Waals surface area (Å²) in [5.74, 6) is 0.665. The summed E-state index contributed by atoms with van der Waals surface area (Å²) in [6.07, 6.45) is 0. The molecule has 4 nitrogen and oxygen atoms in total. The Morgan fingerprint density at radius 1 is 1.33 bits per heavy atom. The van der Waals surface area contributed by atoms with Gasteiger partial charge in [0.2, 0.25) is 0 Å². The van der Waals surface area contributed by atoms with Crippen LogP contribution in [0.4, 0.5) is 0 Å². The lowest BCUT2D eigenvalue weighted by Gasteiger charge is -2.21. The van der Waals surface area contributed by atoms with Crippen LogP contribution in [0.15, 0.2) is 34.7 Å². The third-order valence-corrected chi connectivity index (χ3v) is 3.88. The van der Waals surface area contributed by atoms with E-state index in [1.807, 2.05) is 0 Å². The Morgan fingerprint density at radius 3 is 2.67 bits per heavy atom. The maximum atomic E-state index is 12.1. The van der Waals surface area contributed by atoms with Crippen molar-refractivity contribution in [3.63, 3.8) is 0 Å². The lowest BCUT2D eigenvalue weighted by atomic mass is 10.0. The summed E-state index contributed by atoms with van der Waals surface area (Å²) < 4.78 is 5.38. The van der Waals surface area contributed by atoms with E-state index in [1.54, 1.807) is 44.2 Å². The van der Waals surface area contributed by atoms with Crippen molar-refractivity contribution in [2.75, 3.05) is 6.54 Å². The third-order valence-electron chi connectivity index (χ3n) is 3.06. The van der Waals surface area contributed by atoms with E-state index < -0.39 is 11.5 Å². The molecule has 2 aromatic rings. The molecule has 1 aromatic carbocycles. The number of aliphatic hydroxyl groups is 1. The van der Waals surface area contributed by atoms with E-state index in [9.17, 15) is 9.90 Å². The first-order valence-corrected chi connectivity index (χ1v) is 7.08. The Bertz CT molecular complexity index is 665. The number of furan rings is 1.